The highest BCUT2D eigenvalue weighted by Crippen LogP contribution is 2.22. The number of hydrazine groups is 1. The van der Waals surface area contributed by atoms with Gasteiger partial charge in [0, 0.05) is 6.04 Å². The number of nitrogens with one attached hydrogen (secondary N) is 1. The number of nitrogens with two attached hydrogens (primary N) is 1. The van der Waals surface area contributed by atoms with E-state index in [0.717, 1.165) is 23.3 Å². The van der Waals surface area contributed by atoms with Gasteiger partial charge >= 0.3 is 0 Å². The van der Waals surface area contributed by atoms with Crippen molar-refractivity contribution in [2.24, 2.45) is 5.84 Å². The van der Waals surface area contributed by atoms with Crippen LogP contribution < -0.4 is 16.0 Å². The van der Waals surface area contributed by atoms with Crippen molar-refractivity contribution in [1.82, 2.24) is 5.43 Å². The fourth-order valence-corrected chi connectivity index (χ4v) is 1.58. The summed E-state index contributed by atoms with van der Waals surface area (Å²) in [4.78, 5) is 0. The lowest BCUT2D eigenvalue weighted by atomic mass is 10.0. The summed E-state index contributed by atoms with van der Waals surface area (Å²) in [7, 11) is 0. The lowest BCUT2D eigenvalue weighted by Gasteiger charge is -2.16. The van der Waals surface area contributed by atoms with Crippen molar-refractivity contribution in [2.75, 3.05) is 6.61 Å². The Morgan fingerprint density at radius 2 is 2.06 bits per heavy atom. The lowest BCUT2D eigenvalue weighted by molar-refractivity contribution is 0.340. The minimum Gasteiger partial charge on any atom is -0.494 e. The quantitative estimate of drug-likeness (QED) is 0.440. The topological polar surface area (TPSA) is 47.3 Å². The van der Waals surface area contributed by atoms with Crippen LogP contribution in [0.25, 0.3) is 0 Å². The van der Waals surface area contributed by atoms with Gasteiger partial charge in [0.2, 0.25) is 0 Å². The first-order valence-electron chi connectivity index (χ1n) is 5.50. The number of rotatable bonds is 6. The van der Waals surface area contributed by atoms with Crippen LogP contribution in [0.1, 0.15) is 31.9 Å². The molecule has 0 aliphatic carbocycles. The Kier molecular flexibility index (Phi) is 5.02. The molecule has 88 valence electrons. The number of benzene rings is 1. The molecule has 1 rings (SSSR count). The molecule has 0 aliphatic rings. The summed E-state index contributed by atoms with van der Waals surface area (Å²) in [6, 6.07) is 8.09. The Balaban J connectivity index is 2.73. The summed E-state index contributed by atoms with van der Waals surface area (Å²) in [5.41, 5.74) is 5.05. The lowest BCUT2D eigenvalue weighted by Crippen LogP contribution is -2.28. The van der Waals surface area contributed by atoms with Gasteiger partial charge in [-0.2, -0.15) is 0 Å². The van der Waals surface area contributed by atoms with Crippen molar-refractivity contribution < 1.29 is 4.74 Å². The van der Waals surface area contributed by atoms with E-state index >= 15 is 0 Å². The third-order valence-electron chi connectivity index (χ3n) is 2.35. The molecule has 3 heteroatoms. The summed E-state index contributed by atoms with van der Waals surface area (Å²) in [5, 5.41) is 0. The Hall–Kier alpha value is -1.32. The van der Waals surface area contributed by atoms with Crippen LogP contribution in [0.4, 0.5) is 0 Å². The zero-order valence-electron chi connectivity index (χ0n) is 9.99. The molecule has 0 bridgehead atoms. The molecule has 0 spiro atoms. The van der Waals surface area contributed by atoms with Crippen LogP contribution >= 0.6 is 0 Å². The summed E-state index contributed by atoms with van der Waals surface area (Å²) in [5.74, 6) is 6.41. The van der Waals surface area contributed by atoms with E-state index in [2.05, 4.69) is 12.0 Å². The smallest absolute Gasteiger partial charge is 0.119 e. The highest BCUT2D eigenvalue weighted by atomic mass is 16.5. The van der Waals surface area contributed by atoms with E-state index in [1.54, 1.807) is 0 Å². The van der Waals surface area contributed by atoms with Crippen molar-refractivity contribution in [3.63, 3.8) is 0 Å². The number of ether oxygens (including phenoxy) is 1. The highest BCUT2D eigenvalue weighted by molar-refractivity contribution is 5.29. The zero-order chi connectivity index (χ0) is 12.0. The minimum absolute atomic E-state index is 0.119. The Bertz CT molecular complexity index is 332. The first-order chi connectivity index (χ1) is 7.67. The Labute approximate surface area is 97.3 Å². The molecule has 0 heterocycles. The summed E-state index contributed by atoms with van der Waals surface area (Å²) >= 11 is 0. The Morgan fingerprint density at radius 1 is 1.44 bits per heavy atom. The molecule has 0 aliphatic heterocycles. The molecule has 0 aromatic heterocycles. The van der Waals surface area contributed by atoms with E-state index in [-0.39, 0.29) is 6.04 Å². The van der Waals surface area contributed by atoms with Crippen LogP contribution in [-0.4, -0.2) is 6.61 Å². The van der Waals surface area contributed by atoms with Gasteiger partial charge in [0.1, 0.15) is 5.75 Å². The second-order valence-corrected chi connectivity index (χ2v) is 3.88. The molecule has 3 N–H and O–H groups in total. The summed E-state index contributed by atoms with van der Waals surface area (Å²) in [6.07, 6.45) is 0.838. The predicted octanol–water partition coefficient (Wildman–Crippen LogP) is 2.56. The van der Waals surface area contributed by atoms with Crippen LogP contribution in [0.5, 0.6) is 5.75 Å². The first-order valence-corrected chi connectivity index (χ1v) is 5.50. The third kappa shape index (κ3) is 3.68. The molecule has 1 atom stereocenters. The minimum atomic E-state index is 0.119. The van der Waals surface area contributed by atoms with E-state index in [1.165, 1.54) is 0 Å². The normalized spacial score (nSPS) is 12.2. The third-order valence-corrected chi connectivity index (χ3v) is 2.35. The molecule has 0 saturated heterocycles. The van der Waals surface area contributed by atoms with Crippen molar-refractivity contribution in [2.45, 2.75) is 26.3 Å². The van der Waals surface area contributed by atoms with E-state index in [1.807, 2.05) is 38.1 Å². The second-order valence-electron chi connectivity index (χ2n) is 3.88. The highest BCUT2D eigenvalue weighted by Gasteiger charge is 2.09. The Morgan fingerprint density at radius 3 is 2.50 bits per heavy atom. The van der Waals surface area contributed by atoms with Crippen LogP contribution in [0.3, 0.4) is 0 Å². The van der Waals surface area contributed by atoms with Gasteiger partial charge in [-0.1, -0.05) is 17.7 Å². The van der Waals surface area contributed by atoms with Gasteiger partial charge in [0.15, 0.2) is 0 Å². The van der Waals surface area contributed by atoms with E-state index in [4.69, 9.17) is 10.6 Å². The molecule has 3 nitrogen and oxygen atoms in total. The van der Waals surface area contributed by atoms with Crippen molar-refractivity contribution >= 4 is 0 Å². The number of hydrogen-bond donors (Lipinski definition) is 2. The van der Waals surface area contributed by atoms with Crippen molar-refractivity contribution in [1.29, 1.82) is 0 Å². The van der Waals surface area contributed by atoms with Gasteiger partial charge in [0.25, 0.3) is 0 Å². The van der Waals surface area contributed by atoms with Gasteiger partial charge in [-0.3, -0.25) is 11.3 Å². The van der Waals surface area contributed by atoms with Gasteiger partial charge < -0.3 is 4.74 Å². The first kappa shape index (κ1) is 12.7. The molecule has 1 unspecified atom stereocenters. The van der Waals surface area contributed by atoms with E-state index < -0.39 is 0 Å². The molecule has 0 radical (unpaired) electrons. The van der Waals surface area contributed by atoms with Gasteiger partial charge in [-0.05, 0) is 38.0 Å². The van der Waals surface area contributed by atoms with Crippen LogP contribution in [0.2, 0.25) is 0 Å². The fraction of sp³-hybridized carbons (Fsp3) is 0.385. The van der Waals surface area contributed by atoms with Crippen LogP contribution in [0.15, 0.2) is 36.4 Å². The SMILES string of the molecule is C=C(C)CC(NN)c1ccc(OCC)cc1. The number of hydrogen-bond acceptors (Lipinski definition) is 3. The molecule has 1 aromatic carbocycles. The van der Waals surface area contributed by atoms with Crippen LogP contribution in [-0.2, 0) is 0 Å². The van der Waals surface area contributed by atoms with Gasteiger partial charge in [0.05, 0.1) is 6.61 Å². The standard InChI is InChI=1S/C13H20N2O/c1-4-16-12-7-5-11(6-8-12)13(15-14)9-10(2)3/h5-8,13,15H,2,4,9,14H2,1,3H3. The molecule has 0 fully saturated rings. The maximum atomic E-state index is 5.53. The molecule has 0 saturated carbocycles. The van der Waals surface area contributed by atoms with Gasteiger partial charge in [-0.25, -0.2) is 0 Å². The molecular formula is C13H20N2O. The maximum Gasteiger partial charge on any atom is 0.119 e. The predicted molar refractivity (Wildman–Crippen MR) is 67.1 cm³/mol. The van der Waals surface area contributed by atoms with E-state index in [0.29, 0.717) is 6.61 Å². The fourth-order valence-electron chi connectivity index (χ4n) is 1.58. The zero-order valence-corrected chi connectivity index (χ0v) is 9.99. The van der Waals surface area contributed by atoms with Crippen molar-refractivity contribution in [3.8, 4) is 5.75 Å². The van der Waals surface area contributed by atoms with E-state index in [9.17, 15) is 0 Å². The molecule has 1 aromatic rings. The molecule has 16 heavy (non-hydrogen) atoms. The van der Waals surface area contributed by atoms with Crippen molar-refractivity contribution in [3.05, 3.63) is 42.0 Å². The summed E-state index contributed by atoms with van der Waals surface area (Å²) in [6.45, 7) is 8.55. The summed E-state index contributed by atoms with van der Waals surface area (Å²) < 4.78 is 5.39. The largest absolute Gasteiger partial charge is 0.494 e. The van der Waals surface area contributed by atoms with Crippen LogP contribution in [0, 0.1) is 0 Å². The molecule has 0 amide bonds. The second kappa shape index (κ2) is 6.30. The molecular weight excluding hydrogens is 200 g/mol. The van der Waals surface area contributed by atoms with Gasteiger partial charge in [-0.15, -0.1) is 6.58 Å². The monoisotopic (exact) mass is 220 g/mol. The average molecular weight is 220 g/mol. The average Bonchev–Trinajstić information content (AvgIpc) is 2.27. The maximum absolute atomic E-state index is 5.53.